The van der Waals surface area contributed by atoms with Crippen molar-refractivity contribution in [3.8, 4) is 0 Å². The third-order valence-corrected chi connectivity index (χ3v) is 4.17. The molecule has 0 atom stereocenters. The Morgan fingerprint density at radius 1 is 1.30 bits per heavy atom. The highest BCUT2D eigenvalue weighted by Gasteiger charge is 2.07. The Hall–Kier alpha value is -1.52. The summed E-state index contributed by atoms with van der Waals surface area (Å²) in [7, 11) is 0. The molecule has 2 rings (SSSR count). The van der Waals surface area contributed by atoms with Crippen LogP contribution in [-0.2, 0) is 4.79 Å². The van der Waals surface area contributed by atoms with Gasteiger partial charge in [0.25, 0.3) is 0 Å². The number of hydrogen-bond acceptors (Lipinski definition) is 2. The van der Waals surface area contributed by atoms with Gasteiger partial charge in [0.2, 0.25) is 5.91 Å². The molecule has 0 heterocycles. The molecule has 0 bridgehead atoms. The Kier molecular flexibility index (Phi) is 5.04. The van der Waals surface area contributed by atoms with Gasteiger partial charge in [-0.3, -0.25) is 4.79 Å². The van der Waals surface area contributed by atoms with Gasteiger partial charge in [-0.1, -0.05) is 29.8 Å². The first kappa shape index (κ1) is 14.9. The molecular weight excluding hydrogens is 297 g/mol. The standard InChI is InChI=1S/C15H13ClFNOS/c1-10-6-7-11(8-13(10)17)18-15(19)9-20-14-5-3-2-4-12(14)16/h2-8H,9H2,1H3,(H,18,19). The van der Waals surface area contributed by atoms with Crippen LogP contribution in [0.2, 0.25) is 5.02 Å². The summed E-state index contributed by atoms with van der Waals surface area (Å²) in [4.78, 5) is 12.6. The van der Waals surface area contributed by atoms with E-state index in [0.29, 0.717) is 16.3 Å². The fraction of sp³-hybridized carbons (Fsp3) is 0.133. The zero-order valence-electron chi connectivity index (χ0n) is 10.8. The lowest BCUT2D eigenvalue weighted by Gasteiger charge is -2.07. The van der Waals surface area contributed by atoms with Crippen LogP contribution in [0.1, 0.15) is 5.56 Å². The van der Waals surface area contributed by atoms with E-state index < -0.39 is 0 Å². The molecule has 0 aliphatic heterocycles. The average Bonchev–Trinajstić information content (AvgIpc) is 2.42. The van der Waals surface area contributed by atoms with Gasteiger partial charge < -0.3 is 5.32 Å². The summed E-state index contributed by atoms with van der Waals surface area (Å²) >= 11 is 7.35. The van der Waals surface area contributed by atoms with Crippen molar-refractivity contribution in [2.75, 3.05) is 11.1 Å². The number of rotatable bonds is 4. The molecule has 0 saturated carbocycles. The van der Waals surface area contributed by atoms with E-state index in [4.69, 9.17) is 11.6 Å². The number of halogens is 2. The summed E-state index contributed by atoms with van der Waals surface area (Å²) in [6.07, 6.45) is 0. The minimum absolute atomic E-state index is 0.196. The van der Waals surface area contributed by atoms with Gasteiger partial charge in [0, 0.05) is 10.6 Å². The second kappa shape index (κ2) is 6.77. The second-order valence-electron chi connectivity index (χ2n) is 4.23. The maximum atomic E-state index is 13.4. The number of hydrogen-bond donors (Lipinski definition) is 1. The first-order chi connectivity index (χ1) is 9.56. The van der Waals surface area contributed by atoms with Gasteiger partial charge in [0.15, 0.2) is 0 Å². The Balaban J connectivity index is 1.93. The number of anilines is 1. The second-order valence-corrected chi connectivity index (χ2v) is 5.66. The number of carbonyl (C=O) groups excluding carboxylic acids is 1. The quantitative estimate of drug-likeness (QED) is 0.841. The Bertz CT molecular complexity index is 633. The molecule has 2 nitrogen and oxygen atoms in total. The molecule has 0 saturated heterocycles. The van der Waals surface area contributed by atoms with Crippen molar-refractivity contribution < 1.29 is 9.18 Å². The number of benzene rings is 2. The molecule has 0 spiro atoms. The topological polar surface area (TPSA) is 29.1 Å². The highest BCUT2D eigenvalue weighted by Crippen LogP contribution is 2.26. The lowest BCUT2D eigenvalue weighted by atomic mass is 10.2. The van der Waals surface area contributed by atoms with Crippen molar-refractivity contribution >= 4 is 35.0 Å². The van der Waals surface area contributed by atoms with Crippen molar-refractivity contribution in [1.29, 1.82) is 0 Å². The summed E-state index contributed by atoms with van der Waals surface area (Å²) in [5.74, 6) is -0.307. The van der Waals surface area contributed by atoms with Gasteiger partial charge in [0.1, 0.15) is 5.82 Å². The van der Waals surface area contributed by atoms with Crippen LogP contribution in [0.3, 0.4) is 0 Å². The number of nitrogens with one attached hydrogen (secondary N) is 1. The molecule has 2 aromatic rings. The minimum atomic E-state index is -0.332. The lowest BCUT2D eigenvalue weighted by Crippen LogP contribution is -2.14. The summed E-state index contributed by atoms with van der Waals surface area (Å²) in [5.41, 5.74) is 1.01. The van der Waals surface area contributed by atoms with E-state index >= 15 is 0 Å². The molecule has 0 aromatic heterocycles. The van der Waals surface area contributed by atoms with Gasteiger partial charge in [-0.25, -0.2) is 4.39 Å². The predicted molar refractivity (Wildman–Crippen MR) is 81.9 cm³/mol. The van der Waals surface area contributed by atoms with E-state index in [9.17, 15) is 9.18 Å². The molecule has 1 N–H and O–H groups in total. The van der Waals surface area contributed by atoms with Crippen molar-refractivity contribution in [1.82, 2.24) is 0 Å². The lowest BCUT2D eigenvalue weighted by molar-refractivity contribution is -0.113. The maximum Gasteiger partial charge on any atom is 0.234 e. The van der Waals surface area contributed by atoms with Gasteiger partial charge >= 0.3 is 0 Å². The van der Waals surface area contributed by atoms with Crippen LogP contribution in [0, 0.1) is 12.7 Å². The first-order valence-corrected chi connectivity index (χ1v) is 7.36. The molecule has 0 aliphatic rings. The van der Waals surface area contributed by atoms with Crippen LogP contribution >= 0.6 is 23.4 Å². The van der Waals surface area contributed by atoms with Gasteiger partial charge in [0.05, 0.1) is 10.8 Å². The maximum absolute atomic E-state index is 13.4. The molecule has 20 heavy (non-hydrogen) atoms. The van der Waals surface area contributed by atoms with Crippen molar-refractivity contribution in [3.63, 3.8) is 0 Å². The molecular formula is C15H13ClFNOS. The highest BCUT2D eigenvalue weighted by atomic mass is 35.5. The van der Waals surface area contributed by atoms with Crippen LogP contribution in [0.5, 0.6) is 0 Å². The van der Waals surface area contributed by atoms with Crippen molar-refractivity contribution in [3.05, 3.63) is 58.9 Å². The number of carbonyl (C=O) groups is 1. The molecule has 0 aliphatic carbocycles. The average molecular weight is 310 g/mol. The van der Waals surface area contributed by atoms with Gasteiger partial charge in [-0.2, -0.15) is 0 Å². The third-order valence-electron chi connectivity index (χ3n) is 2.65. The molecule has 2 aromatic carbocycles. The molecule has 0 unspecified atom stereocenters. The minimum Gasteiger partial charge on any atom is -0.325 e. The molecule has 5 heteroatoms. The monoisotopic (exact) mass is 309 g/mol. The number of aryl methyl sites for hydroxylation is 1. The number of amides is 1. The first-order valence-electron chi connectivity index (χ1n) is 5.99. The van der Waals surface area contributed by atoms with Crippen molar-refractivity contribution in [2.24, 2.45) is 0 Å². The van der Waals surface area contributed by atoms with Crippen molar-refractivity contribution in [2.45, 2.75) is 11.8 Å². The van der Waals surface area contributed by atoms with Crippen LogP contribution < -0.4 is 5.32 Å². The van der Waals surface area contributed by atoms with E-state index in [1.54, 1.807) is 25.1 Å². The molecule has 104 valence electrons. The SMILES string of the molecule is Cc1ccc(NC(=O)CSc2ccccc2Cl)cc1F. The van der Waals surface area contributed by atoms with Crippen LogP contribution in [0.15, 0.2) is 47.4 Å². The van der Waals surface area contributed by atoms with Gasteiger partial charge in [-0.05, 0) is 36.8 Å². The van der Waals surface area contributed by atoms with E-state index in [1.165, 1.54) is 17.8 Å². The highest BCUT2D eigenvalue weighted by molar-refractivity contribution is 8.00. The fourth-order valence-electron chi connectivity index (χ4n) is 1.57. The van der Waals surface area contributed by atoms with E-state index in [-0.39, 0.29) is 17.5 Å². The predicted octanol–water partition coefficient (Wildman–Crippen LogP) is 4.52. The molecule has 0 radical (unpaired) electrons. The molecule has 0 fully saturated rings. The summed E-state index contributed by atoms with van der Waals surface area (Å²) < 4.78 is 13.4. The zero-order chi connectivity index (χ0) is 14.5. The Morgan fingerprint density at radius 2 is 2.05 bits per heavy atom. The third kappa shape index (κ3) is 3.99. The van der Waals surface area contributed by atoms with Crippen LogP contribution in [0.25, 0.3) is 0 Å². The summed E-state index contributed by atoms with van der Waals surface area (Å²) in [5, 5.41) is 3.27. The van der Waals surface area contributed by atoms with E-state index in [2.05, 4.69) is 5.32 Å². The summed E-state index contributed by atoms with van der Waals surface area (Å²) in [6, 6.07) is 11.9. The largest absolute Gasteiger partial charge is 0.325 e. The normalized spacial score (nSPS) is 10.3. The van der Waals surface area contributed by atoms with Crippen LogP contribution in [0.4, 0.5) is 10.1 Å². The zero-order valence-corrected chi connectivity index (χ0v) is 12.4. The Labute approximate surface area is 126 Å². The molecule has 1 amide bonds. The van der Waals surface area contributed by atoms with E-state index in [1.807, 2.05) is 18.2 Å². The summed E-state index contributed by atoms with van der Waals surface area (Å²) in [6.45, 7) is 1.67. The smallest absolute Gasteiger partial charge is 0.234 e. The van der Waals surface area contributed by atoms with Crippen LogP contribution in [-0.4, -0.2) is 11.7 Å². The van der Waals surface area contributed by atoms with E-state index in [0.717, 1.165) is 4.90 Å². The number of thioether (sulfide) groups is 1. The Morgan fingerprint density at radius 3 is 2.75 bits per heavy atom. The van der Waals surface area contributed by atoms with Gasteiger partial charge in [-0.15, -0.1) is 11.8 Å². The fourth-order valence-corrected chi connectivity index (χ4v) is 2.61.